The molecule has 114 valence electrons. The zero-order valence-corrected chi connectivity index (χ0v) is 11.2. The van der Waals surface area contributed by atoms with Crippen LogP contribution in [0.5, 0.6) is 11.5 Å². The van der Waals surface area contributed by atoms with Crippen molar-refractivity contribution < 1.29 is 27.8 Å². The first kappa shape index (κ1) is 15.6. The van der Waals surface area contributed by atoms with Crippen molar-refractivity contribution in [2.45, 2.75) is 6.36 Å². The molecule has 0 aromatic heterocycles. The van der Waals surface area contributed by atoms with Crippen molar-refractivity contribution >= 4 is 11.9 Å². The summed E-state index contributed by atoms with van der Waals surface area (Å²) in [5.41, 5.74) is 0.440. The van der Waals surface area contributed by atoms with Gasteiger partial charge in [0.2, 0.25) is 0 Å². The number of phenols is 1. The Kier molecular flexibility index (Phi) is 4.50. The minimum atomic E-state index is -4.80. The van der Waals surface area contributed by atoms with E-state index >= 15 is 0 Å². The second-order valence-corrected chi connectivity index (χ2v) is 4.33. The molecule has 6 heteroatoms. The maximum atomic E-state index is 12.3. The molecule has 22 heavy (non-hydrogen) atoms. The number of alkyl halides is 3. The number of benzene rings is 2. The van der Waals surface area contributed by atoms with Gasteiger partial charge in [-0.2, -0.15) is 0 Å². The van der Waals surface area contributed by atoms with E-state index in [-0.39, 0.29) is 17.1 Å². The van der Waals surface area contributed by atoms with Gasteiger partial charge in [-0.05, 0) is 42.5 Å². The first-order valence-corrected chi connectivity index (χ1v) is 6.21. The molecule has 0 spiro atoms. The lowest BCUT2D eigenvalue weighted by atomic mass is 10.1. The summed E-state index contributed by atoms with van der Waals surface area (Å²) in [7, 11) is 0. The summed E-state index contributed by atoms with van der Waals surface area (Å²) < 4.78 is 40.7. The lowest BCUT2D eigenvalue weighted by Gasteiger charge is -2.10. The van der Waals surface area contributed by atoms with Crippen LogP contribution >= 0.6 is 0 Å². The third kappa shape index (κ3) is 4.37. The van der Waals surface area contributed by atoms with Crippen LogP contribution in [0.15, 0.2) is 54.6 Å². The monoisotopic (exact) mass is 308 g/mol. The molecule has 0 aliphatic rings. The maximum absolute atomic E-state index is 12.3. The zero-order valence-electron chi connectivity index (χ0n) is 11.2. The van der Waals surface area contributed by atoms with Crippen LogP contribution in [0.2, 0.25) is 0 Å². The first-order valence-electron chi connectivity index (χ1n) is 6.21. The number of ether oxygens (including phenoxy) is 1. The maximum Gasteiger partial charge on any atom is 0.573 e. The number of halogens is 3. The average Bonchev–Trinajstić information content (AvgIpc) is 2.45. The second kappa shape index (κ2) is 6.34. The summed E-state index contributed by atoms with van der Waals surface area (Å²) in [4.78, 5) is 11.9. The highest BCUT2D eigenvalue weighted by atomic mass is 19.4. The van der Waals surface area contributed by atoms with E-state index < -0.39 is 12.1 Å². The quantitative estimate of drug-likeness (QED) is 0.680. The topological polar surface area (TPSA) is 46.5 Å². The van der Waals surface area contributed by atoms with E-state index in [1.165, 1.54) is 48.5 Å². The minimum Gasteiger partial charge on any atom is -0.508 e. The van der Waals surface area contributed by atoms with Gasteiger partial charge in [0.25, 0.3) is 0 Å². The molecule has 2 aromatic rings. The fraction of sp³-hybridized carbons (Fsp3) is 0.0625. The van der Waals surface area contributed by atoms with E-state index in [0.717, 1.165) is 12.1 Å². The molecule has 0 aliphatic heterocycles. The molecule has 1 N–H and O–H groups in total. The number of phenolic OH excluding ortho intramolecular Hbond substituents is 1. The number of hydrogen-bond acceptors (Lipinski definition) is 3. The molecule has 0 bridgehead atoms. The molecule has 2 aromatic carbocycles. The summed E-state index contributed by atoms with van der Waals surface area (Å²) in [5.74, 6) is -0.768. The molecule has 0 fully saturated rings. The van der Waals surface area contributed by atoms with Crippen LogP contribution in [0.4, 0.5) is 13.2 Å². The summed E-state index contributed by atoms with van der Waals surface area (Å²) in [6.45, 7) is 0. The van der Waals surface area contributed by atoms with Crippen molar-refractivity contribution in [3.05, 3.63) is 65.7 Å². The number of hydrogen-bond donors (Lipinski definition) is 1. The van der Waals surface area contributed by atoms with E-state index in [1.54, 1.807) is 0 Å². The van der Waals surface area contributed by atoms with Crippen molar-refractivity contribution in [3.8, 4) is 11.5 Å². The highest BCUT2D eigenvalue weighted by Gasteiger charge is 2.31. The molecular weight excluding hydrogens is 297 g/mol. The second-order valence-electron chi connectivity index (χ2n) is 4.33. The number of ketones is 1. The van der Waals surface area contributed by atoms with Crippen LogP contribution in [-0.2, 0) is 0 Å². The molecule has 2 rings (SSSR count). The number of allylic oxidation sites excluding steroid dienone is 1. The molecule has 3 nitrogen and oxygen atoms in total. The Morgan fingerprint density at radius 3 is 2.32 bits per heavy atom. The van der Waals surface area contributed by atoms with Gasteiger partial charge in [-0.1, -0.05) is 18.2 Å². The summed E-state index contributed by atoms with van der Waals surface area (Å²) in [6.07, 6.45) is -2.41. The van der Waals surface area contributed by atoms with E-state index in [0.29, 0.717) is 5.56 Å². The molecular formula is C16H11F3O3. The van der Waals surface area contributed by atoms with Crippen LogP contribution in [0.25, 0.3) is 6.08 Å². The first-order chi connectivity index (χ1) is 10.3. The van der Waals surface area contributed by atoms with Gasteiger partial charge in [0.15, 0.2) is 5.78 Å². The van der Waals surface area contributed by atoms with Crippen molar-refractivity contribution in [1.82, 2.24) is 0 Å². The number of para-hydroxylation sites is 1. The van der Waals surface area contributed by atoms with Gasteiger partial charge < -0.3 is 9.84 Å². The number of rotatable bonds is 4. The molecule has 0 amide bonds. The third-order valence-electron chi connectivity index (χ3n) is 2.71. The number of aromatic hydroxyl groups is 1. The predicted molar refractivity (Wildman–Crippen MR) is 74.6 cm³/mol. The highest BCUT2D eigenvalue weighted by Crippen LogP contribution is 2.27. The van der Waals surface area contributed by atoms with Crippen LogP contribution < -0.4 is 4.74 Å². The Hall–Kier alpha value is -2.76. The molecule has 0 unspecified atom stereocenters. The lowest BCUT2D eigenvalue weighted by Crippen LogP contribution is -2.17. The normalized spacial score (nSPS) is 11.6. The molecule has 0 saturated heterocycles. The Bertz CT molecular complexity index is 689. The fourth-order valence-electron chi connectivity index (χ4n) is 1.72. The van der Waals surface area contributed by atoms with Crippen molar-refractivity contribution in [3.63, 3.8) is 0 Å². The van der Waals surface area contributed by atoms with Gasteiger partial charge in [0.1, 0.15) is 11.5 Å². The molecule has 0 aliphatic carbocycles. The largest absolute Gasteiger partial charge is 0.573 e. The SMILES string of the molecule is O=C(C=Cc1ccccc1OC(F)(F)F)c1ccc(O)cc1. The Labute approximate surface area is 124 Å². The van der Waals surface area contributed by atoms with Gasteiger partial charge in [0.05, 0.1) is 0 Å². The van der Waals surface area contributed by atoms with Crippen molar-refractivity contribution in [1.29, 1.82) is 0 Å². The van der Waals surface area contributed by atoms with E-state index in [2.05, 4.69) is 4.74 Å². The van der Waals surface area contributed by atoms with Crippen LogP contribution in [0.3, 0.4) is 0 Å². The molecule has 0 radical (unpaired) electrons. The van der Waals surface area contributed by atoms with Crippen LogP contribution in [-0.4, -0.2) is 17.3 Å². The van der Waals surface area contributed by atoms with Crippen LogP contribution in [0.1, 0.15) is 15.9 Å². The average molecular weight is 308 g/mol. The van der Waals surface area contributed by atoms with Gasteiger partial charge in [-0.3, -0.25) is 4.79 Å². The predicted octanol–water partition coefficient (Wildman–Crippen LogP) is 4.19. The van der Waals surface area contributed by atoms with E-state index in [1.807, 2.05) is 0 Å². The van der Waals surface area contributed by atoms with Gasteiger partial charge in [-0.15, -0.1) is 13.2 Å². The number of carbonyl (C=O) groups is 1. The van der Waals surface area contributed by atoms with Gasteiger partial charge >= 0.3 is 6.36 Å². The standard InChI is InChI=1S/C16H11F3O3/c17-16(18,19)22-15-4-2-1-3-12(15)7-10-14(21)11-5-8-13(20)9-6-11/h1-10,20H. The fourth-order valence-corrected chi connectivity index (χ4v) is 1.72. The van der Waals surface area contributed by atoms with Crippen molar-refractivity contribution in [2.75, 3.05) is 0 Å². The van der Waals surface area contributed by atoms with Crippen molar-refractivity contribution in [2.24, 2.45) is 0 Å². The Morgan fingerprint density at radius 1 is 1.05 bits per heavy atom. The smallest absolute Gasteiger partial charge is 0.508 e. The lowest BCUT2D eigenvalue weighted by molar-refractivity contribution is -0.274. The van der Waals surface area contributed by atoms with Crippen LogP contribution in [0, 0.1) is 0 Å². The molecule has 0 atom stereocenters. The van der Waals surface area contributed by atoms with E-state index in [9.17, 15) is 18.0 Å². The summed E-state index contributed by atoms with van der Waals surface area (Å²) in [6, 6.07) is 11.0. The Balaban J connectivity index is 2.19. The summed E-state index contributed by atoms with van der Waals surface area (Å²) >= 11 is 0. The van der Waals surface area contributed by atoms with Gasteiger partial charge in [0, 0.05) is 11.1 Å². The Morgan fingerprint density at radius 2 is 1.68 bits per heavy atom. The zero-order chi connectivity index (χ0) is 16.2. The number of carbonyl (C=O) groups excluding carboxylic acids is 1. The summed E-state index contributed by atoms with van der Waals surface area (Å²) in [5, 5.41) is 9.14. The minimum absolute atomic E-state index is 0.0180. The third-order valence-corrected chi connectivity index (χ3v) is 2.71. The highest BCUT2D eigenvalue weighted by molar-refractivity contribution is 6.07. The van der Waals surface area contributed by atoms with Gasteiger partial charge in [-0.25, -0.2) is 0 Å². The van der Waals surface area contributed by atoms with E-state index in [4.69, 9.17) is 5.11 Å². The molecule has 0 saturated carbocycles. The molecule has 0 heterocycles.